The van der Waals surface area contributed by atoms with Gasteiger partial charge in [-0.1, -0.05) is 6.92 Å². The van der Waals surface area contributed by atoms with Gasteiger partial charge in [0, 0.05) is 27.3 Å². The maximum Gasteiger partial charge on any atom is 0.225 e. The van der Waals surface area contributed by atoms with Gasteiger partial charge in [0.2, 0.25) is 5.91 Å². The SMILES string of the molecule is CCN(CCC(C)(C)OC)C(=O)CC(C)(CC)OC. The van der Waals surface area contributed by atoms with Gasteiger partial charge in [-0.2, -0.15) is 0 Å². The maximum absolute atomic E-state index is 12.3. The van der Waals surface area contributed by atoms with Gasteiger partial charge in [0.05, 0.1) is 17.6 Å². The number of rotatable bonds is 9. The van der Waals surface area contributed by atoms with E-state index in [0.717, 1.165) is 25.9 Å². The molecule has 114 valence electrons. The summed E-state index contributed by atoms with van der Waals surface area (Å²) in [5.41, 5.74) is -0.551. The van der Waals surface area contributed by atoms with Crippen LogP contribution in [0.5, 0.6) is 0 Å². The molecule has 0 radical (unpaired) electrons. The summed E-state index contributed by atoms with van der Waals surface area (Å²) in [7, 11) is 3.37. The van der Waals surface area contributed by atoms with Gasteiger partial charge >= 0.3 is 0 Å². The van der Waals surface area contributed by atoms with Crippen LogP contribution in [-0.4, -0.2) is 49.3 Å². The van der Waals surface area contributed by atoms with E-state index in [1.54, 1.807) is 14.2 Å². The van der Waals surface area contributed by atoms with Crippen LogP contribution in [0, 0.1) is 0 Å². The number of nitrogens with zero attached hydrogens (tertiary/aromatic N) is 1. The van der Waals surface area contributed by atoms with Gasteiger partial charge in [0.15, 0.2) is 0 Å². The van der Waals surface area contributed by atoms with Crippen molar-refractivity contribution in [3.63, 3.8) is 0 Å². The lowest BCUT2D eigenvalue weighted by Crippen LogP contribution is -2.41. The zero-order chi connectivity index (χ0) is 15.1. The fraction of sp³-hybridized carbons (Fsp3) is 0.933. The predicted molar refractivity (Wildman–Crippen MR) is 78.3 cm³/mol. The minimum Gasteiger partial charge on any atom is -0.379 e. The van der Waals surface area contributed by atoms with E-state index in [9.17, 15) is 4.79 Å². The summed E-state index contributed by atoms with van der Waals surface area (Å²) < 4.78 is 10.8. The molecule has 0 spiro atoms. The summed E-state index contributed by atoms with van der Waals surface area (Å²) in [6.07, 6.45) is 2.09. The Bertz CT molecular complexity index is 273. The third kappa shape index (κ3) is 6.39. The number of carbonyl (C=O) groups is 1. The molecule has 0 aliphatic carbocycles. The molecule has 4 heteroatoms. The fourth-order valence-corrected chi connectivity index (χ4v) is 1.74. The third-order valence-corrected chi connectivity index (χ3v) is 4.04. The Balaban J connectivity index is 4.49. The normalized spacial score (nSPS) is 15.1. The van der Waals surface area contributed by atoms with Crippen LogP contribution < -0.4 is 0 Å². The van der Waals surface area contributed by atoms with E-state index in [1.165, 1.54) is 0 Å². The zero-order valence-corrected chi connectivity index (χ0v) is 13.7. The molecule has 4 nitrogen and oxygen atoms in total. The maximum atomic E-state index is 12.3. The number of ether oxygens (including phenoxy) is 2. The van der Waals surface area contributed by atoms with Gasteiger partial charge in [0.25, 0.3) is 0 Å². The first-order valence-electron chi connectivity index (χ1n) is 7.11. The van der Waals surface area contributed by atoms with E-state index in [-0.39, 0.29) is 17.1 Å². The molecule has 0 aromatic carbocycles. The average Bonchev–Trinajstić information content (AvgIpc) is 2.39. The first-order chi connectivity index (χ1) is 8.73. The van der Waals surface area contributed by atoms with Gasteiger partial charge in [-0.25, -0.2) is 0 Å². The van der Waals surface area contributed by atoms with E-state index in [2.05, 4.69) is 0 Å². The molecule has 0 N–H and O–H groups in total. The summed E-state index contributed by atoms with van der Waals surface area (Å²) in [5, 5.41) is 0. The highest BCUT2D eigenvalue weighted by Crippen LogP contribution is 2.21. The van der Waals surface area contributed by atoms with E-state index < -0.39 is 0 Å². The highest BCUT2D eigenvalue weighted by Gasteiger charge is 2.28. The van der Waals surface area contributed by atoms with E-state index >= 15 is 0 Å². The van der Waals surface area contributed by atoms with E-state index in [0.29, 0.717) is 6.42 Å². The molecular weight excluding hydrogens is 242 g/mol. The molecule has 0 saturated carbocycles. The van der Waals surface area contributed by atoms with Crippen molar-refractivity contribution < 1.29 is 14.3 Å². The summed E-state index contributed by atoms with van der Waals surface area (Å²) in [6.45, 7) is 11.6. The summed E-state index contributed by atoms with van der Waals surface area (Å²) in [4.78, 5) is 14.2. The number of hydrogen-bond acceptors (Lipinski definition) is 3. The van der Waals surface area contributed by atoms with Crippen molar-refractivity contribution >= 4 is 5.91 Å². The molecule has 0 heterocycles. The van der Waals surface area contributed by atoms with Crippen molar-refractivity contribution in [2.75, 3.05) is 27.3 Å². The van der Waals surface area contributed by atoms with Crippen LogP contribution in [0.1, 0.15) is 53.9 Å². The third-order valence-electron chi connectivity index (χ3n) is 4.04. The molecule has 1 unspecified atom stereocenters. The van der Waals surface area contributed by atoms with Gasteiger partial charge in [0.1, 0.15) is 0 Å². The molecule has 0 saturated heterocycles. The van der Waals surface area contributed by atoms with Crippen LogP contribution in [0.2, 0.25) is 0 Å². The van der Waals surface area contributed by atoms with E-state index in [1.807, 2.05) is 39.5 Å². The van der Waals surface area contributed by atoms with Crippen LogP contribution in [-0.2, 0) is 14.3 Å². The highest BCUT2D eigenvalue weighted by atomic mass is 16.5. The summed E-state index contributed by atoms with van der Waals surface area (Å²) in [6, 6.07) is 0. The molecule has 19 heavy (non-hydrogen) atoms. The van der Waals surface area contributed by atoms with Crippen molar-refractivity contribution in [1.29, 1.82) is 0 Å². The minimum absolute atomic E-state index is 0.153. The second-order valence-electron chi connectivity index (χ2n) is 5.87. The molecule has 0 aliphatic rings. The van der Waals surface area contributed by atoms with Gasteiger partial charge in [-0.05, 0) is 40.5 Å². The Morgan fingerprint density at radius 2 is 1.68 bits per heavy atom. The van der Waals surface area contributed by atoms with Crippen LogP contribution in [0.3, 0.4) is 0 Å². The zero-order valence-electron chi connectivity index (χ0n) is 13.7. The molecule has 0 rings (SSSR count). The van der Waals surface area contributed by atoms with Crippen LogP contribution >= 0.6 is 0 Å². The van der Waals surface area contributed by atoms with Gasteiger partial charge in [-0.3, -0.25) is 4.79 Å². The predicted octanol–water partition coefficient (Wildman–Crippen LogP) is 2.86. The lowest BCUT2D eigenvalue weighted by Gasteiger charge is -2.31. The second kappa shape index (κ2) is 7.85. The lowest BCUT2D eigenvalue weighted by molar-refractivity contribution is -0.138. The standard InChI is InChI=1S/C15H31NO3/c1-8-15(5,19-7)12-13(17)16(9-2)11-10-14(3,4)18-6/h8-12H2,1-7H3. The minimum atomic E-state index is -0.360. The Kier molecular flexibility index (Phi) is 7.60. The number of methoxy groups -OCH3 is 2. The summed E-state index contributed by atoms with van der Waals surface area (Å²) in [5.74, 6) is 0.153. The van der Waals surface area contributed by atoms with Gasteiger partial charge in [-0.15, -0.1) is 0 Å². The van der Waals surface area contributed by atoms with E-state index in [4.69, 9.17) is 9.47 Å². The summed E-state index contributed by atoms with van der Waals surface area (Å²) >= 11 is 0. The van der Waals surface area contributed by atoms with Crippen molar-refractivity contribution in [3.8, 4) is 0 Å². The Morgan fingerprint density at radius 3 is 2.05 bits per heavy atom. The van der Waals surface area contributed by atoms with Crippen LogP contribution in [0.15, 0.2) is 0 Å². The monoisotopic (exact) mass is 273 g/mol. The molecule has 1 atom stereocenters. The molecule has 0 aromatic rings. The molecule has 0 fully saturated rings. The smallest absolute Gasteiger partial charge is 0.225 e. The number of hydrogen-bond donors (Lipinski definition) is 0. The highest BCUT2D eigenvalue weighted by molar-refractivity contribution is 5.77. The van der Waals surface area contributed by atoms with Crippen molar-refractivity contribution in [3.05, 3.63) is 0 Å². The molecule has 0 aromatic heterocycles. The largest absolute Gasteiger partial charge is 0.379 e. The second-order valence-corrected chi connectivity index (χ2v) is 5.87. The number of carbonyl (C=O) groups excluding carboxylic acids is 1. The van der Waals surface area contributed by atoms with Crippen LogP contribution in [0.4, 0.5) is 0 Å². The molecular formula is C15H31NO3. The Hall–Kier alpha value is -0.610. The molecule has 0 bridgehead atoms. The average molecular weight is 273 g/mol. The number of amides is 1. The fourth-order valence-electron chi connectivity index (χ4n) is 1.74. The van der Waals surface area contributed by atoms with Crippen LogP contribution in [0.25, 0.3) is 0 Å². The topological polar surface area (TPSA) is 38.8 Å². The first-order valence-corrected chi connectivity index (χ1v) is 7.11. The van der Waals surface area contributed by atoms with Gasteiger partial charge < -0.3 is 14.4 Å². The molecule has 0 aliphatic heterocycles. The lowest BCUT2D eigenvalue weighted by atomic mass is 9.97. The Labute approximate surface area is 118 Å². The quantitative estimate of drug-likeness (QED) is 0.648. The van der Waals surface area contributed by atoms with Crippen molar-refractivity contribution in [2.24, 2.45) is 0 Å². The van der Waals surface area contributed by atoms with Crippen molar-refractivity contribution in [2.45, 2.75) is 65.1 Å². The molecule has 1 amide bonds. The Morgan fingerprint density at radius 1 is 1.11 bits per heavy atom. The van der Waals surface area contributed by atoms with Crippen molar-refractivity contribution in [1.82, 2.24) is 4.90 Å². The first kappa shape index (κ1) is 18.4.